The minimum atomic E-state index is 0.715. The van der Waals surface area contributed by atoms with E-state index in [1.807, 2.05) is 0 Å². The Morgan fingerprint density at radius 3 is 2.28 bits per heavy atom. The van der Waals surface area contributed by atoms with Gasteiger partial charge in [0.15, 0.2) is 0 Å². The number of hydrogen-bond acceptors (Lipinski definition) is 2. The summed E-state index contributed by atoms with van der Waals surface area (Å²) < 4.78 is 0. The summed E-state index contributed by atoms with van der Waals surface area (Å²) in [5.74, 6) is 2.70. The normalized spacial score (nSPS) is 37.7. The van der Waals surface area contributed by atoms with E-state index in [-0.39, 0.29) is 0 Å². The van der Waals surface area contributed by atoms with Gasteiger partial charge in [-0.15, -0.1) is 0 Å². The van der Waals surface area contributed by atoms with Crippen LogP contribution in [0.2, 0.25) is 0 Å². The zero-order chi connectivity index (χ0) is 12.8. The minimum absolute atomic E-state index is 0.715. The third kappa shape index (κ3) is 3.96. The topological polar surface area (TPSA) is 38.0 Å². The molecule has 106 valence electrons. The summed E-state index contributed by atoms with van der Waals surface area (Å²) in [5, 5.41) is 3.85. The quantitative estimate of drug-likeness (QED) is 0.788. The third-order valence-corrected chi connectivity index (χ3v) is 5.42. The van der Waals surface area contributed by atoms with Crippen LogP contribution in [-0.4, -0.2) is 19.1 Å². The Hall–Kier alpha value is -0.0800. The van der Waals surface area contributed by atoms with E-state index in [1.54, 1.807) is 0 Å². The first-order valence-corrected chi connectivity index (χ1v) is 8.27. The highest BCUT2D eigenvalue weighted by Gasteiger charge is 2.25. The molecule has 18 heavy (non-hydrogen) atoms. The first kappa shape index (κ1) is 14.3. The summed E-state index contributed by atoms with van der Waals surface area (Å²) in [6, 6.07) is 0.715. The highest BCUT2D eigenvalue weighted by atomic mass is 14.9. The van der Waals surface area contributed by atoms with Crippen molar-refractivity contribution in [2.45, 2.75) is 70.8 Å². The van der Waals surface area contributed by atoms with Gasteiger partial charge in [-0.25, -0.2) is 0 Å². The van der Waals surface area contributed by atoms with Crippen LogP contribution >= 0.6 is 0 Å². The minimum Gasteiger partial charge on any atom is -0.330 e. The molecule has 0 radical (unpaired) electrons. The second kappa shape index (κ2) is 7.49. The summed E-state index contributed by atoms with van der Waals surface area (Å²) in [4.78, 5) is 0. The molecule has 0 saturated heterocycles. The largest absolute Gasteiger partial charge is 0.330 e. The van der Waals surface area contributed by atoms with Crippen molar-refractivity contribution in [1.82, 2.24) is 5.32 Å². The lowest BCUT2D eigenvalue weighted by Crippen LogP contribution is -2.44. The maximum absolute atomic E-state index is 5.90. The molecule has 0 aromatic heterocycles. The molecule has 2 unspecified atom stereocenters. The molecule has 0 spiro atoms. The Labute approximate surface area is 113 Å². The number of nitrogens with two attached hydrogens (primary N) is 1. The van der Waals surface area contributed by atoms with Gasteiger partial charge in [-0.3, -0.25) is 0 Å². The number of nitrogens with one attached hydrogen (secondary N) is 1. The molecular weight excluding hydrogens is 220 g/mol. The van der Waals surface area contributed by atoms with Crippen molar-refractivity contribution in [3.05, 3.63) is 0 Å². The van der Waals surface area contributed by atoms with Gasteiger partial charge in [0.1, 0.15) is 0 Å². The predicted molar refractivity (Wildman–Crippen MR) is 78.5 cm³/mol. The van der Waals surface area contributed by atoms with E-state index in [2.05, 4.69) is 12.2 Å². The van der Waals surface area contributed by atoms with Crippen LogP contribution in [0, 0.1) is 17.8 Å². The van der Waals surface area contributed by atoms with Gasteiger partial charge in [-0.2, -0.15) is 0 Å². The fourth-order valence-electron chi connectivity index (χ4n) is 3.92. The molecule has 2 nitrogen and oxygen atoms in total. The zero-order valence-electron chi connectivity index (χ0n) is 12.2. The molecule has 0 aliphatic heterocycles. The summed E-state index contributed by atoms with van der Waals surface area (Å²) in [5.41, 5.74) is 5.90. The van der Waals surface area contributed by atoms with Crippen molar-refractivity contribution in [1.29, 1.82) is 0 Å². The molecular formula is C16H32N2. The Bertz CT molecular complexity index is 221. The van der Waals surface area contributed by atoms with E-state index >= 15 is 0 Å². The molecule has 2 fully saturated rings. The van der Waals surface area contributed by atoms with Crippen LogP contribution in [0.4, 0.5) is 0 Å². The predicted octanol–water partition coefficient (Wildman–Crippen LogP) is 3.31. The standard InChI is InChI=1S/C16H32N2/c1-2-13-7-9-14(10-8-13)12-18-16-6-4-3-5-15(16)11-17/h13-16,18H,2-12,17H2,1H3. The van der Waals surface area contributed by atoms with Gasteiger partial charge in [-0.05, 0) is 56.5 Å². The maximum atomic E-state index is 5.90. The van der Waals surface area contributed by atoms with Crippen molar-refractivity contribution in [2.75, 3.05) is 13.1 Å². The van der Waals surface area contributed by atoms with E-state index in [0.29, 0.717) is 6.04 Å². The zero-order valence-corrected chi connectivity index (χ0v) is 12.2. The molecule has 2 rings (SSSR count). The molecule has 0 aromatic rings. The highest BCUT2D eigenvalue weighted by Crippen LogP contribution is 2.31. The lowest BCUT2D eigenvalue weighted by molar-refractivity contribution is 0.222. The molecule has 2 saturated carbocycles. The molecule has 0 aromatic carbocycles. The van der Waals surface area contributed by atoms with Gasteiger partial charge in [-0.1, -0.05) is 39.0 Å². The van der Waals surface area contributed by atoms with Gasteiger partial charge in [0.05, 0.1) is 0 Å². The summed E-state index contributed by atoms with van der Waals surface area (Å²) >= 11 is 0. The van der Waals surface area contributed by atoms with Gasteiger partial charge >= 0.3 is 0 Å². The van der Waals surface area contributed by atoms with Gasteiger partial charge < -0.3 is 11.1 Å². The number of hydrogen-bond donors (Lipinski definition) is 2. The Morgan fingerprint density at radius 2 is 1.61 bits per heavy atom. The van der Waals surface area contributed by atoms with E-state index in [9.17, 15) is 0 Å². The van der Waals surface area contributed by atoms with Crippen molar-refractivity contribution in [3.63, 3.8) is 0 Å². The average molecular weight is 252 g/mol. The molecule has 2 aliphatic carbocycles. The van der Waals surface area contributed by atoms with Crippen LogP contribution in [0.25, 0.3) is 0 Å². The van der Waals surface area contributed by atoms with Crippen LogP contribution in [0.15, 0.2) is 0 Å². The summed E-state index contributed by atoms with van der Waals surface area (Å²) in [7, 11) is 0. The van der Waals surface area contributed by atoms with Gasteiger partial charge in [0.25, 0.3) is 0 Å². The van der Waals surface area contributed by atoms with E-state index in [0.717, 1.165) is 24.3 Å². The Morgan fingerprint density at radius 1 is 0.944 bits per heavy atom. The summed E-state index contributed by atoms with van der Waals surface area (Å²) in [6.45, 7) is 4.47. The average Bonchev–Trinajstić information content (AvgIpc) is 2.46. The molecule has 0 heterocycles. The lowest BCUT2D eigenvalue weighted by atomic mass is 9.80. The smallest absolute Gasteiger partial charge is 0.0107 e. The fourth-order valence-corrected chi connectivity index (χ4v) is 3.92. The second-order valence-corrected chi connectivity index (χ2v) is 6.59. The highest BCUT2D eigenvalue weighted by molar-refractivity contribution is 4.83. The molecule has 2 heteroatoms. The van der Waals surface area contributed by atoms with Crippen LogP contribution in [0.3, 0.4) is 0 Å². The van der Waals surface area contributed by atoms with Crippen molar-refractivity contribution in [2.24, 2.45) is 23.5 Å². The van der Waals surface area contributed by atoms with Crippen molar-refractivity contribution >= 4 is 0 Å². The Kier molecular flexibility index (Phi) is 5.97. The van der Waals surface area contributed by atoms with Crippen molar-refractivity contribution in [3.8, 4) is 0 Å². The first-order valence-electron chi connectivity index (χ1n) is 8.27. The van der Waals surface area contributed by atoms with Crippen molar-refractivity contribution < 1.29 is 0 Å². The van der Waals surface area contributed by atoms with E-state index in [1.165, 1.54) is 64.3 Å². The van der Waals surface area contributed by atoms with E-state index in [4.69, 9.17) is 5.73 Å². The van der Waals surface area contributed by atoms with Crippen LogP contribution in [0.1, 0.15) is 64.7 Å². The Balaban J connectivity index is 1.67. The van der Waals surface area contributed by atoms with Crippen LogP contribution in [-0.2, 0) is 0 Å². The number of rotatable bonds is 5. The molecule has 0 amide bonds. The molecule has 0 bridgehead atoms. The first-order chi connectivity index (χ1) is 8.83. The monoisotopic (exact) mass is 252 g/mol. The lowest BCUT2D eigenvalue weighted by Gasteiger charge is -2.34. The summed E-state index contributed by atoms with van der Waals surface area (Å²) in [6.07, 6.45) is 12.7. The molecule has 2 atom stereocenters. The van der Waals surface area contributed by atoms with Gasteiger partial charge in [0.2, 0.25) is 0 Å². The van der Waals surface area contributed by atoms with Crippen LogP contribution < -0.4 is 11.1 Å². The third-order valence-electron chi connectivity index (χ3n) is 5.42. The fraction of sp³-hybridized carbons (Fsp3) is 1.00. The molecule has 3 N–H and O–H groups in total. The maximum Gasteiger partial charge on any atom is 0.0107 e. The second-order valence-electron chi connectivity index (χ2n) is 6.59. The molecule has 2 aliphatic rings. The SMILES string of the molecule is CCC1CCC(CNC2CCCCC2CN)CC1. The van der Waals surface area contributed by atoms with Crippen LogP contribution in [0.5, 0.6) is 0 Å². The van der Waals surface area contributed by atoms with Gasteiger partial charge in [0, 0.05) is 6.04 Å². The van der Waals surface area contributed by atoms with E-state index < -0.39 is 0 Å².